The van der Waals surface area contributed by atoms with Crippen molar-refractivity contribution in [1.82, 2.24) is 0 Å². The molecule has 0 aliphatic carbocycles. The van der Waals surface area contributed by atoms with Crippen molar-refractivity contribution in [3.05, 3.63) is 81.0 Å². The molecule has 0 saturated heterocycles. The normalized spacial score (nSPS) is 11.0. The van der Waals surface area contributed by atoms with E-state index in [2.05, 4.69) is 6.07 Å². The Morgan fingerprint density at radius 3 is 2.71 bits per heavy atom. The lowest BCUT2D eigenvalue weighted by atomic mass is 10.0. The molecule has 1 aromatic heterocycles. The van der Waals surface area contributed by atoms with Gasteiger partial charge in [0.1, 0.15) is 0 Å². The number of esters is 1. The second-order valence-electron chi connectivity index (χ2n) is 5.82. The van der Waals surface area contributed by atoms with Gasteiger partial charge in [-0.3, -0.25) is 4.79 Å². The van der Waals surface area contributed by atoms with E-state index in [9.17, 15) is 10.1 Å². The number of hydrogen-bond donors (Lipinski definition) is 0. The minimum Gasteiger partial charge on any atom is -0.493 e. The van der Waals surface area contributed by atoms with Crippen molar-refractivity contribution < 1.29 is 14.3 Å². The van der Waals surface area contributed by atoms with E-state index in [1.54, 1.807) is 42.5 Å². The standard InChI is InChI=1S/C22H16ClNO3S/c1-26-21-11-15(10-17(14-24)16-4-2-5-18(23)12-16)7-8-20(21)27-22(25)13-19-6-3-9-28-19/h2-12H,13H2,1H3/b17-10-. The summed E-state index contributed by atoms with van der Waals surface area (Å²) in [4.78, 5) is 13.1. The number of thiophene rings is 1. The maximum absolute atomic E-state index is 12.1. The lowest BCUT2D eigenvalue weighted by Crippen LogP contribution is -2.11. The molecule has 140 valence electrons. The third-order valence-electron chi connectivity index (χ3n) is 3.88. The van der Waals surface area contributed by atoms with E-state index in [0.717, 1.165) is 16.0 Å². The van der Waals surface area contributed by atoms with E-state index < -0.39 is 0 Å². The number of ether oxygens (including phenoxy) is 2. The third-order valence-corrected chi connectivity index (χ3v) is 4.99. The number of rotatable bonds is 6. The first kappa shape index (κ1) is 19.7. The van der Waals surface area contributed by atoms with Gasteiger partial charge in [0.25, 0.3) is 0 Å². The number of carbonyl (C=O) groups excluding carboxylic acids is 1. The molecule has 0 atom stereocenters. The minimum atomic E-state index is -0.360. The number of methoxy groups -OCH3 is 1. The maximum atomic E-state index is 12.1. The highest BCUT2D eigenvalue weighted by molar-refractivity contribution is 7.10. The smallest absolute Gasteiger partial charge is 0.316 e. The Balaban J connectivity index is 1.82. The average molecular weight is 410 g/mol. The summed E-state index contributed by atoms with van der Waals surface area (Å²) in [6.45, 7) is 0. The number of benzene rings is 2. The van der Waals surface area contributed by atoms with Gasteiger partial charge in [-0.1, -0.05) is 35.9 Å². The molecule has 0 N–H and O–H groups in total. The summed E-state index contributed by atoms with van der Waals surface area (Å²) in [5.74, 6) is 0.389. The highest BCUT2D eigenvalue weighted by Crippen LogP contribution is 2.30. The van der Waals surface area contributed by atoms with E-state index >= 15 is 0 Å². The Kier molecular flexibility index (Phi) is 6.49. The van der Waals surface area contributed by atoms with Gasteiger partial charge in [0.2, 0.25) is 0 Å². The molecule has 4 nitrogen and oxygen atoms in total. The Hall–Kier alpha value is -3.07. The molecule has 0 aliphatic heterocycles. The Morgan fingerprint density at radius 2 is 2.04 bits per heavy atom. The number of nitriles is 1. The molecule has 0 bridgehead atoms. The number of hydrogen-bond acceptors (Lipinski definition) is 5. The molecule has 0 amide bonds. The van der Waals surface area contributed by atoms with Gasteiger partial charge in [0.15, 0.2) is 11.5 Å². The third kappa shape index (κ3) is 5.01. The molecule has 28 heavy (non-hydrogen) atoms. The zero-order valence-corrected chi connectivity index (χ0v) is 16.6. The molecular weight excluding hydrogens is 394 g/mol. The van der Waals surface area contributed by atoms with Gasteiger partial charge in [0.05, 0.1) is 25.2 Å². The SMILES string of the molecule is COc1cc(/C=C(/C#N)c2cccc(Cl)c2)ccc1OC(=O)Cc1cccs1. The fourth-order valence-electron chi connectivity index (χ4n) is 2.58. The van der Waals surface area contributed by atoms with E-state index in [1.165, 1.54) is 18.4 Å². The van der Waals surface area contributed by atoms with Crippen LogP contribution in [0.4, 0.5) is 0 Å². The zero-order valence-electron chi connectivity index (χ0n) is 15.0. The minimum absolute atomic E-state index is 0.204. The van der Waals surface area contributed by atoms with Crippen LogP contribution in [0.1, 0.15) is 16.0 Å². The highest BCUT2D eigenvalue weighted by Gasteiger charge is 2.12. The van der Waals surface area contributed by atoms with Crippen molar-refractivity contribution in [2.45, 2.75) is 6.42 Å². The summed E-state index contributed by atoms with van der Waals surface area (Å²) in [6, 6.07) is 18.2. The quantitative estimate of drug-likeness (QED) is 0.229. The largest absolute Gasteiger partial charge is 0.493 e. The fraction of sp³-hybridized carbons (Fsp3) is 0.0909. The van der Waals surface area contributed by atoms with Crippen molar-refractivity contribution >= 4 is 40.6 Å². The second kappa shape index (κ2) is 9.23. The summed E-state index contributed by atoms with van der Waals surface area (Å²) in [5.41, 5.74) is 1.93. The topological polar surface area (TPSA) is 59.3 Å². The maximum Gasteiger partial charge on any atom is 0.316 e. The molecule has 0 radical (unpaired) electrons. The molecule has 6 heteroatoms. The summed E-state index contributed by atoms with van der Waals surface area (Å²) in [6.07, 6.45) is 1.93. The molecule has 3 aromatic rings. The van der Waals surface area contributed by atoms with Crippen LogP contribution in [0.15, 0.2) is 60.0 Å². The van der Waals surface area contributed by atoms with Gasteiger partial charge in [-0.15, -0.1) is 11.3 Å². The van der Waals surface area contributed by atoms with E-state index in [4.69, 9.17) is 21.1 Å². The van der Waals surface area contributed by atoms with Crippen LogP contribution in [-0.2, 0) is 11.2 Å². The van der Waals surface area contributed by atoms with Crippen LogP contribution in [0.2, 0.25) is 5.02 Å². The monoisotopic (exact) mass is 409 g/mol. The van der Waals surface area contributed by atoms with Crippen LogP contribution < -0.4 is 9.47 Å². The first-order valence-electron chi connectivity index (χ1n) is 8.38. The van der Waals surface area contributed by atoms with Crippen molar-refractivity contribution in [2.24, 2.45) is 0 Å². The first-order valence-corrected chi connectivity index (χ1v) is 9.63. The number of halogens is 1. The van der Waals surface area contributed by atoms with E-state index in [1.807, 2.05) is 23.6 Å². The van der Waals surface area contributed by atoms with E-state index in [-0.39, 0.29) is 12.4 Å². The Labute approximate surface area is 172 Å². The average Bonchev–Trinajstić information content (AvgIpc) is 3.19. The summed E-state index contributed by atoms with van der Waals surface area (Å²) in [7, 11) is 1.50. The van der Waals surface area contributed by atoms with E-state index in [0.29, 0.717) is 22.1 Å². The zero-order chi connectivity index (χ0) is 19.9. The molecule has 1 heterocycles. The molecular formula is C22H16ClNO3S. The van der Waals surface area contributed by atoms with Crippen LogP contribution in [0.5, 0.6) is 11.5 Å². The Morgan fingerprint density at radius 1 is 1.18 bits per heavy atom. The molecule has 0 unspecified atom stereocenters. The predicted molar refractivity (Wildman–Crippen MR) is 112 cm³/mol. The van der Waals surface area contributed by atoms with Crippen LogP contribution >= 0.6 is 22.9 Å². The van der Waals surface area contributed by atoms with Gasteiger partial charge in [0, 0.05) is 9.90 Å². The number of allylic oxidation sites excluding steroid dienone is 1. The van der Waals surface area contributed by atoms with Crippen molar-refractivity contribution in [2.75, 3.05) is 7.11 Å². The lowest BCUT2D eigenvalue weighted by molar-refractivity contribution is -0.133. The first-order chi connectivity index (χ1) is 13.6. The van der Waals surface area contributed by atoms with Gasteiger partial charge < -0.3 is 9.47 Å². The van der Waals surface area contributed by atoms with Crippen LogP contribution in [-0.4, -0.2) is 13.1 Å². The molecule has 0 spiro atoms. The molecule has 3 rings (SSSR count). The van der Waals surface area contributed by atoms with Crippen LogP contribution in [0.3, 0.4) is 0 Å². The summed E-state index contributed by atoms with van der Waals surface area (Å²) < 4.78 is 10.8. The van der Waals surface area contributed by atoms with Gasteiger partial charge in [-0.05, 0) is 52.9 Å². The predicted octanol–water partition coefficient (Wildman–Crippen LogP) is 5.62. The molecule has 0 saturated carbocycles. The molecule has 0 aliphatic rings. The lowest BCUT2D eigenvalue weighted by Gasteiger charge is -2.10. The molecule has 0 fully saturated rings. The molecule has 2 aromatic carbocycles. The van der Waals surface area contributed by atoms with Gasteiger partial charge >= 0.3 is 5.97 Å². The van der Waals surface area contributed by atoms with Crippen LogP contribution in [0, 0.1) is 11.3 Å². The number of carbonyl (C=O) groups is 1. The fourth-order valence-corrected chi connectivity index (χ4v) is 3.46. The Bertz CT molecular complexity index is 1050. The van der Waals surface area contributed by atoms with Gasteiger partial charge in [-0.2, -0.15) is 5.26 Å². The summed E-state index contributed by atoms with van der Waals surface area (Å²) >= 11 is 7.51. The van der Waals surface area contributed by atoms with Crippen molar-refractivity contribution in [1.29, 1.82) is 5.26 Å². The number of nitrogens with zero attached hydrogens (tertiary/aromatic N) is 1. The van der Waals surface area contributed by atoms with Crippen molar-refractivity contribution in [3.63, 3.8) is 0 Å². The summed E-state index contributed by atoms with van der Waals surface area (Å²) in [5, 5.41) is 12.0. The van der Waals surface area contributed by atoms with Crippen LogP contribution in [0.25, 0.3) is 11.6 Å². The second-order valence-corrected chi connectivity index (χ2v) is 7.29. The van der Waals surface area contributed by atoms with Crippen molar-refractivity contribution in [3.8, 4) is 17.6 Å². The van der Waals surface area contributed by atoms with Gasteiger partial charge in [-0.25, -0.2) is 0 Å². The highest BCUT2D eigenvalue weighted by atomic mass is 35.5.